The van der Waals surface area contributed by atoms with Crippen molar-refractivity contribution in [2.75, 3.05) is 0 Å². The van der Waals surface area contributed by atoms with Crippen molar-refractivity contribution in [2.45, 2.75) is 65.8 Å². The monoisotopic (exact) mass is 304 g/mol. The van der Waals surface area contributed by atoms with Crippen LogP contribution in [-0.2, 0) is 4.43 Å². The lowest BCUT2D eigenvalue weighted by atomic mass is 9.89. The molecule has 21 heavy (non-hydrogen) atoms. The van der Waals surface area contributed by atoms with Crippen molar-refractivity contribution in [1.82, 2.24) is 0 Å². The van der Waals surface area contributed by atoms with Crippen LogP contribution in [0, 0.1) is 5.41 Å². The molecule has 0 bridgehead atoms. The summed E-state index contributed by atoms with van der Waals surface area (Å²) in [5, 5.41) is 0.233. The fourth-order valence-corrected chi connectivity index (χ4v) is 3.18. The van der Waals surface area contributed by atoms with E-state index in [1.165, 1.54) is 5.56 Å². The molecule has 0 aromatic heterocycles. The molecule has 2 heteroatoms. The Morgan fingerprint density at radius 1 is 0.952 bits per heavy atom. The minimum absolute atomic E-state index is 0.0980. The predicted molar refractivity (Wildman–Crippen MR) is 97.0 cm³/mol. The lowest BCUT2D eigenvalue weighted by molar-refractivity contribution is 0.114. The van der Waals surface area contributed by atoms with Crippen LogP contribution in [0.3, 0.4) is 0 Å². The van der Waals surface area contributed by atoms with Crippen LogP contribution >= 0.6 is 0 Å². The molecule has 1 rings (SSSR count). The van der Waals surface area contributed by atoms with Gasteiger partial charge in [-0.2, -0.15) is 0 Å². The summed E-state index contributed by atoms with van der Waals surface area (Å²) in [7, 11) is -1.77. The maximum absolute atomic E-state index is 6.64. The van der Waals surface area contributed by atoms with E-state index in [-0.39, 0.29) is 16.6 Å². The molecule has 0 heterocycles. The van der Waals surface area contributed by atoms with Crippen molar-refractivity contribution in [2.24, 2.45) is 5.41 Å². The van der Waals surface area contributed by atoms with Gasteiger partial charge in [0.1, 0.15) is 0 Å². The van der Waals surface area contributed by atoms with E-state index in [1.54, 1.807) is 0 Å². The Hall–Kier alpha value is -0.863. The van der Waals surface area contributed by atoms with E-state index >= 15 is 0 Å². The van der Waals surface area contributed by atoms with Crippen molar-refractivity contribution in [3.05, 3.63) is 42.0 Å². The van der Waals surface area contributed by atoms with E-state index in [1.807, 2.05) is 6.07 Å². The fraction of sp³-hybridized carbons (Fsp3) is 0.579. The molecule has 118 valence electrons. The third-order valence-corrected chi connectivity index (χ3v) is 8.80. The quantitative estimate of drug-likeness (QED) is 0.607. The normalized spacial score (nSPS) is 15.4. The van der Waals surface area contributed by atoms with Gasteiger partial charge in [0.25, 0.3) is 0 Å². The van der Waals surface area contributed by atoms with Gasteiger partial charge in [-0.25, -0.2) is 0 Å². The molecule has 0 aliphatic heterocycles. The van der Waals surface area contributed by atoms with Gasteiger partial charge in [0, 0.05) is 0 Å². The zero-order valence-corrected chi connectivity index (χ0v) is 16.0. The van der Waals surface area contributed by atoms with Gasteiger partial charge in [0.15, 0.2) is 8.32 Å². The molecule has 1 atom stereocenters. The third-order valence-electron chi connectivity index (χ3n) is 4.34. The molecule has 0 aliphatic carbocycles. The molecule has 0 spiro atoms. The van der Waals surface area contributed by atoms with Crippen LogP contribution in [0.2, 0.25) is 18.1 Å². The van der Waals surface area contributed by atoms with E-state index in [2.05, 4.69) is 91.1 Å². The van der Waals surface area contributed by atoms with Crippen LogP contribution in [0.25, 0.3) is 6.08 Å². The molecule has 0 N–H and O–H groups in total. The van der Waals surface area contributed by atoms with Crippen LogP contribution < -0.4 is 0 Å². The minimum Gasteiger partial charge on any atom is -0.410 e. The van der Waals surface area contributed by atoms with Gasteiger partial charge in [0.2, 0.25) is 0 Å². The molecule has 1 aromatic rings. The summed E-state index contributed by atoms with van der Waals surface area (Å²) in [6.07, 6.45) is 4.55. The van der Waals surface area contributed by atoms with Crippen LogP contribution in [0.1, 0.15) is 47.1 Å². The van der Waals surface area contributed by atoms with Gasteiger partial charge in [-0.3, -0.25) is 0 Å². The minimum atomic E-state index is -1.77. The highest BCUT2D eigenvalue weighted by molar-refractivity contribution is 6.74. The molecule has 0 fully saturated rings. The Labute approximate surface area is 132 Å². The van der Waals surface area contributed by atoms with E-state index in [9.17, 15) is 0 Å². The fourth-order valence-electron chi connectivity index (χ4n) is 1.76. The molecule has 1 nitrogen and oxygen atoms in total. The van der Waals surface area contributed by atoms with Gasteiger partial charge in [-0.05, 0) is 29.1 Å². The van der Waals surface area contributed by atoms with E-state index < -0.39 is 8.32 Å². The average molecular weight is 305 g/mol. The van der Waals surface area contributed by atoms with E-state index in [0.717, 1.165) is 0 Å². The first-order valence-electron chi connectivity index (χ1n) is 7.84. The average Bonchev–Trinajstić information content (AvgIpc) is 2.33. The Balaban J connectivity index is 2.96. The molecule has 0 amide bonds. The SMILES string of the molecule is CC(C)(C)[C@H](/C=C/c1ccccc1)O[Si](C)(C)C(C)(C)C. The standard InChI is InChI=1S/C19H32OSi/c1-18(2,3)17(20-21(7,8)19(4,5)6)15-14-16-12-10-9-11-13-16/h9-15,17H,1-8H3/b15-14+/t17-/m0/s1. The summed E-state index contributed by atoms with van der Waals surface area (Å²) in [4.78, 5) is 0. The molecular formula is C19H32OSi. The second kappa shape index (κ2) is 6.49. The molecule has 0 saturated carbocycles. The smallest absolute Gasteiger partial charge is 0.192 e. The highest BCUT2D eigenvalue weighted by Crippen LogP contribution is 2.40. The summed E-state index contributed by atoms with van der Waals surface area (Å²) < 4.78 is 6.64. The first kappa shape index (κ1) is 18.2. The van der Waals surface area contributed by atoms with Crippen molar-refractivity contribution in [1.29, 1.82) is 0 Å². The topological polar surface area (TPSA) is 9.23 Å². The van der Waals surface area contributed by atoms with Crippen molar-refractivity contribution in [3.63, 3.8) is 0 Å². The lowest BCUT2D eigenvalue weighted by Crippen LogP contribution is -2.46. The van der Waals surface area contributed by atoms with Crippen molar-refractivity contribution in [3.8, 4) is 0 Å². The van der Waals surface area contributed by atoms with Crippen LogP contribution in [0.5, 0.6) is 0 Å². The number of benzene rings is 1. The van der Waals surface area contributed by atoms with Crippen LogP contribution in [0.15, 0.2) is 36.4 Å². The molecule has 0 aliphatic rings. The first-order valence-corrected chi connectivity index (χ1v) is 10.8. The van der Waals surface area contributed by atoms with Gasteiger partial charge >= 0.3 is 0 Å². The summed E-state index contributed by atoms with van der Waals surface area (Å²) in [5.41, 5.74) is 1.33. The highest BCUT2D eigenvalue weighted by atomic mass is 28.4. The highest BCUT2D eigenvalue weighted by Gasteiger charge is 2.40. The van der Waals surface area contributed by atoms with Crippen molar-refractivity contribution < 1.29 is 4.43 Å². The molecule has 0 radical (unpaired) electrons. The van der Waals surface area contributed by atoms with Crippen LogP contribution in [-0.4, -0.2) is 14.4 Å². The molecule has 0 unspecified atom stereocenters. The zero-order valence-electron chi connectivity index (χ0n) is 15.0. The largest absolute Gasteiger partial charge is 0.410 e. The summed E-state index contributed by atoms with van der Waals surface area (Å²) in [6, 6.07) is 10.4. The maximum Gasteiger partial charge on any atom is 0.192 e. The van der Waals surface area contributed by atoms with Crippen LogP contribution in [0.4, 0.5) is 0 Å². The zero-order chi connectivity index (χ0) is 16.3. The van der Waals surface area contributed by atoms with Gasteiger partial charge < -0.3 is 4.43 Å². The lowest BCUT2D eigenvalue weighted by Gasteiger charge is -2.42. The molecule has 0 saturated heterocycles. The Morgan fingerprint density at radius 2 is 1.48 bits per heavy atom. The second-order valence-corrected chi connectivity index (χ2v) is 13.2. The van der Waals surface area contributed by atoms with E-state index in [0.29, 0.717) is 0 Å². The van der Waals surface area contributed by atoms with Gasteiger partial charge in [-0.1, -0.05) is 84.0 Å². The van der Waals surface area contributed by atoms with Gasteiger partial charge in [0.05, 0.1) is 6.10 Å². The Bertz CT molecular complexity index is 461. The van der Waals surface area contributed by atoms with Gasteiger partial charge in [-0.15, -0.1) is 0 Å². The Kier molecular flexibility index (Phi) is 5.62. The molecule has 1 aromatic carbocycles. The number of hydrogen-bond donors (Lipinski definition) is 0. The third kappa shape index (κ3) is 5.44. The summed E-state index contributed by atoms with van der Waals surface area (Å²) in [5.74, 6) is 0. The first-order chi connectivity index (χ1) is 9.43. The number of hydrogen-bond acceptors (Lipinski definition) is 1. The van der Waals surface area contributed by atoms with E-state index in [4.69, 9.17) is 4.43 Å². The predicted octanol–water partition coefficient (Wildman–Crippen LogP) is 6.14. The van der Waals surface area contributed by atoms with Crippen molar-refractivity contribution >= 4 is 14.4 Å². The maximum atomic E-state index is 6.64. The second-order valence-electron chi connectivity index (χ2n) is 8.43. The Morgan fingerprint density at radius 3 is 1.90 bits per heavy atom. The molecular weight excluding hydrogens is 272 g/mol. The number of rotatable bonds is 4. The summed E-state index contributed by atoms with van der Waals surface area (Å²) in [6.45, 7) is 18.3. The summed E-state index contributed by atoms with van der Waals surface area (Å²) >= 11 is 0.